The second kappa shape index (κ2) is 4.38. The summed E-state index contributed by atoms with van der Waals surface area (Å²) in [5, 5.41) is 13.3. The first-order valence-electron chi connectivity index (χ1n) is 5.33. The van der Waals surface area contributed by atoms with E-state index in [9.17, 15) is 9.50 Å². The zero-order valence-corrected chi connectivity index (χ0v) is 10.3. The van der Waals surface area contributed by atoms with E-state index in [1.807, 2.05) is 0 Å². The lowest BCUT2D eigenvalue weighted by Gasteiger charge is -2.17. The SMILES string of the molecule is COC(C)(C)c1noc(-c2c(O)cccc2F)n1. The molecule has 0 radical (unpaired) electrons. The lowest BCUT2D eigenvalue weighted by atomic mass is 10.1. The Morgan fingerprint density at radius 3 is 2.72 bits per heavy atom. The summed E-state index contributed by atoms with van der Waals surface area (Å²) in [5.74, 6) is -0.672. The number of hydrogen-bond donors (Lipinski definition) is 1. The van der Waals surface area contributed by atoms with Crippen molar-refractivity contribution in [3.05, 3.63) is 29.8 Å². The van der Waals surface area contributed by atoms with Crippen molar-refractivity contribution in [3.8, 4) is 17.2 Å². The number of phenolic OH excluding ortho intramolecular Hbond substituents is 1. The van der Waals surface area contributed by atoms with Crippen molar-refractivity contribution in [1.82, 2.24) is 10.1 Å². The standard InChI is InChI=1S/C12H13FN2O3/c1-12(2,17-3)11-14-10(18-15-11)9-7(13)5-4-6-8(9)16/h4-6,16H,1-3H3. The molecule has 0 aliphatic rings. The highest BCUT2D eigenvalue weighted by Crippen LogP contribution is 2.32. The van der Waals surface area contributed by atoms with Gasteiger partial charge in [0.15, 0.2) is 0 Å². The summed E-state index contributed by atoms with van der Waals surface area (Å²) in [6, 6.07) is 3.95. The number of hydrogen-bond acceptors (Lipinski definition) is 5. The Balaban J connectivity index is 2.48. The number of rotatable bonds is 3. The zero-order valence-electron chi connectivity index (χ0n) is 10.3. The molecule has 2 aromatic rings. The summed E-state index contributed by atoms with van der Waals surface area (Å²) in [6.45, 7) is 3.51. The van der Waals surface area contributed by atoms with Crippen LogP contribution >= 0.6 is 0 Å². The molecule has 0 unspecified atom stereocenters. The molecular formula is C12H13FN2O3. The van der Waals surface area contributed by atoms with Gasteiger partial charge in [-0.25, -0.2) is 4.39 Å². The van der Waals surface area contributed by atoms with Crippen LogP contribution in [0.25, 0.3) is 11.5 Å². The molecule has 96 valence electrons. The molecule has 0 fully saturated rings. The van der Waals surface area contributed by atoms with Gasteiger partial charge >= 0.3 is 0 Å². The number of nitrogens with zero attached hydrogens (tertiary/aromatic N) is 2. The number of aromatic nitrogens is 2. The lowest BCUT2D eigenvalue weighted by Crippen LogP contribution is -2.21. The van der Waals surface area contributed by atoms with Crippen LogP contribution < -0.4 is 0 Å². The Hall–Kier alpha value is -1.95. The number of aromatic hydroxyl groups is 1. The molecule has 1 aromatic carbocycles. The number of ether oxygens (including phenoxy) is 1. The molecule has 1 heterocycles. The van der Waals surface area contributed by atoms with Crippen molar-refractivity contribution in [2.45, 2.75) is 19.4 Å². The second-order valence-electron chi connectivity index (χ2n) is 4.27. The lowest BCUT2D eigenvalue weighted by molar-refractivity contribution is 0.00973. The minimum Gasteiger partial charge on any atom is -0.507 e. The van der Waals surface area contributed by atoms with Gasteiger partial charge in [0.1, 0.15) is 22.7 Å². The van der Waals surface area contributed by atoms with Crippen molar-refractivity contribution in [1.29, 1.82) is 0 Å². The molecule has 2 rings (SSSR count). The maximum atomic E-state index is 13.6. The quantitative estimate of drug-likeness (QED) is 0.908. The molecule has 0 atom stereocenters. The second-order valence-corrected chi connectivity index (χ2v) is 4.27. The average Bonchev–Trinajstić information content (AvgIpc) is 2.79. The van der Waals surface area contributed by atoms with E-state index in [-0.39, 0.29) is 23.0 Å². The van der Waals surface area contributed by atoms with Gasteiger partial charge in [-0.3, -0.25) is 0 Å². The van der Waals surface area contributed by atoms with Crippen LogP contribution in [0.15, 0.2) is 22.7 Å². The Bertz CT molecular complexity index is 546. The van der Waals surface area contributed by atoms with Crippen LogP contribution in [-0.2, 0) is 10.3 Å². The minimum atomic E-state index is -0.747. The molecule has 0 aliphatic carbocycles. The monoisotopic (exact) mass is 252 g/mol. The molecule has 6 heteroatoms. The first-order valence-corrected chi connectivity index (χ1v) is 5.33. The van der Waals surface area contributed by atoms with E-state index in [4.69, 9.17) is 9.26 Å². The number of halogens is 1. The average molecular weight is 252 g/mol. The van der Waals surface area contributed by atoms with Crippen molar-refractivity contribution in [3.63, 3.8) is 0 Å². The number of phenols is 1. The summed E-state index contributed by atoms with van der Waals surface area (Å²) in [4.78, 5) is 4.04. The number of benzene rings is 1. The van der Waals surface area contributed by atoms with Gasteiger partial charge in [0.05, 0.1) is 0 Å². The first-order chi connectivity index (χ1) is 8.45. The highest BCUT2D eigenvalue weighted by atomic mass is 19.1. The van der Waals surface area contributed by atoms with Crippen LogP contribution in [0.1, 0.15) is 19.7 Å². The van der Waals surface area contributed by atoms with Crippen molar-refractivity contribution in [2.24, 2.45) is 0 Å². The van der Waals surface area contributed by atoms with E-state index < -0.39 is 11.4 Å². The molecule has 0 aliphatic heterocycles. The molecule has 0 bridgehead atoms. The molecule has 18 heavy (non-hydrogen) atoms. The maximum absolute atomic E-state index is 13.6. The predicted octanol–water partition coefficient (Wildman–Crippen LogP) is 2.46. The van der Waals surface area contributed by atoms with Crippen LogP contribution in [0.3, 0.4) is 0 Å². The molecule has 1 N–H and O–H groups in total. The van der Waals surface area contributed by atoms with E-state index in [0.717, 1.165) is 0 Å². The van der Waals surface area contributed by atoms with Gasteiger partial charge in [0.25, 0.3) is 5.89 Å². The zero-order chi connectivity index (χ0) is 13.3. The molecule has 0 amide bonds. The fourth-order valence-corrected chi connectivity index (χ4v) is 1.39. The van der Waals surface area contributed by atoms with Gasteiger partial charge in [-0.1, -0.05) is 11.2 Å². The summed E-state index contributed by atoms with van der Waals surface area (Å²) >= 11 is 0. The normalized spacial score (nSPS) is 11.8. The largest absolute Gasteiger partial charge is 0.507 e. The fraction of sp³-hybridized carbons (Fsp3) is 0.333. The first kappa shape index (κ1) is 12.5. The van der Waals surface area contributed by atoms with Crippen LogP contribution in [0, 0.1) is 5.82 Å². The van der Waals surface area contributed by atoms with Gasteiger partial charge in [-0.2, -0.15) is 4.98 Å². The van der Waals surface area contributed by atoms with Crippen LogP contribution in [0.4, 0.5) is 4.39 Å². The summed E-state index contributed by atoms with van der Waals surface area (Å²) in [5.41, 5.74) is -0.856. The van der Waals surface area contributed by atoms with Crippen LogP contribution in [-0.4, -0.2) is 22.4 Å². The van der Waals surface area contributed by atoms with Gasteiger partial charge in [-0.05, 0) is 26.0 Å². The Morgan fingerprint density at radius 2 is 2.11 bits per heavy atom. The smallest absolute Gasteiger partial charge is 0.264 e. The van der Waals surface area contributed by atoms with Crippen molar-refractivity contribution < 1.29 is 18.8 Å². The van der Waals surface area contributed by atoms with Crippen LogP contribution in [0.5, 0.6) is 5.75 Å². The molecule has 5 nitrogen and oxygen atoms in total. The fourth-order valence-electron chi connectivity index (χ4n) is 1.39. The predicted molar refractivity (Wildman–Crippen MR) is 61.4 cm³/mol. The summed E-state index contributed by atoms with van der Waals surface area (Å²) in [6.07, 6.45) is 0. The van der Waals surface area contributed by atoms with Gasteiger partial charge < -0.3 is 14.4 Å². The third kappa shape index (κ3) is 2.06. The molecule has 0 spiro atoms. The highest BCUT2D eigenvalue weighted by Gasteiger charge is 2.28. The Kier molecular flexibility index (Phi) is 3.04. The Labute approximate surface area is 103 Å². The summed E-state index contributed by atoms with van der Waals surface area (Å²) in [7, 11) is 1.51. The van der Waals surface area contributed by atoms with E-state index in [1.165, 1.54) is 25.3 Å². The van der Waals surface area contributed by atoms with E-state index in [0.29, 0.717) is 0 Å². The van der Waals surface area contributed by atoms with Gasteiger partial charge in [-0.15, -0.1) is 0 Å². The van der Waals surface area contributed by atoms with Crippen molar-refractivity contribution >= 4 is 0 Å². The molecule has 0 saturated heterocycles. The van der Waals surface area contributed by atoms with Gasteiger partial charge in [0, 0.05) is 7.11 Å². The van der Waals surface area contributed by atoms with Crippen molar-refractivity contribution in [2.75, 3.05) is 7.11 Å². The molecule has 1 aromatic heterocycles. The van der Waals surface area contributed by atoms with Gasteiger partial charge in [0.2, 0.25) is 5.82 Å². The third-order valence-electron chi connectivity index (χ3n) is 2.68. The van der Waals surface area contributed by atoms with E-state index in [1.54, 1.807) is 13.8 Å². The van der Waals surface area contributed by atoms with Crippen LogP contribution in [0.2, 0.25) is 0 Å². The highest BCUT2D eigenvalue weighted by molar-refractivity contribution is 5.62. The number of methoxy groups -OCH3 is 1. The molecule has 0 saturated carbocycles. The Morgan fingerprint density at radius 1 is 1.39 bits per heavy atom. The van der Waals surface area contributed by atoms with E-state index in [2.05, 4.69) is 10.1 Å². The van der Waals surface area contributed by atoms with E-state index >= 15 is 0 Å². The summed E-state index contributed by atoms with van der Waals surface area (Å²) < 4.78 is 23.8. The third-order valence-corrected chi connectivity index (χ3v) is 2.68. The molecular weight excluding hydrogens is 239 g/mol. The topological polar surface area (TPSA) is 68.4 Å². The maximum Gasteiger partial charge on any atom is 0.264 e. The minimum absolute atomic E-state index is 0.0780.